The number of esters is 1. The van der Waals surface area contributed by atoms with E-state index in [0.717, 1.165) is 37.8 Å². The van der Waals surface area contributed by atoms with Crippen molar-refractivity contribution in [2.24, 2.45) is 22.7 Å². The van der Waals surface area contributed by atoms with Crippen LogP contribution in [0.2, 0.25) is 0 Å². The molecular formula is C25H39Ac2NO4. The van der Waals surface area contributed by atoms with E-state index in [4.69, 9.17) is 4.74 Å². The molecule has 0 spiro atoms. The number of carbonyl (C=O) groups excluding carboxylic acids is 1. The molecule has 174 valence electrons. The quantitative estimate of drug-likeness (QED) is 0.328. The van der Waals surface area contributed by atoms with E-state index in [9.17, 15) is 15.0 Å². The standard InChI is InChI=1S/C25H39NO4.2Ac/c1-16-7-8-21-24(3,11-9-22(28)25(21,4)15-27)19(16)14-20(18-10-13-30-23(18)29)26-12-5-6-17(26)2;;/h10,17,19-22,27-28H,1,5-9,11-15H2,2-4H3;;/t17?,19-,20?,21?,22?,24+,25-;;/m0../s1. The van der Waals surface area contributed by atoms with Crippen LogP contribution in [0, 0.1) is 111 Å². The third-order valence-corrected chi connectivity index (χ3v) is 9.27. The van der Waals surface area contributed by atoms with E-state index in [0.29, 0.717) is 19.1 Å². The van der Waals surface area contributed by atoms with E-state index in [1.807, 2.05) is 6.08 Å². The van der Waals surface area contributed by atoms with E-state index >= 15 is 0 Å². The Labute approximate surface area is 265 Å². The number of aliphatic hydroxyl groups excluding tert-OH is 2. The van der Waals surface area contributed by atoms with E-state index in [-0.39, 0.29) is 124 Å². The zero-order valence-electron chi connectivity index (χ0n) is 20.1. The molecule has 4 unspecified atom stereocenters. The van der Waals surface area contributed by atoms with Crippen LogP contribution in [0.1, 0.15) is 65.7 Å². The molecule has 0 aromatic carbocycles. The average molecular weight is 872 g/mol. The Bertz CT molecular complexity index is 743. The van der Waals surface area contributed by atoms with E-state index < -0.39 is 11.5 Å². The van der Waals surface area contributed by atoms with Gasteiger partial charge in [0, 0.05) is 106 Å². The molecule has 2 heterocycles. The van der Waals surface area contributed by atoms with Gasteiger partial charge in [-0.3, -0.25) is 4.90 Å². The normalized spacial score (nSPS) is 40.6. The number of rotatable bonds is 5. The summed E-state index contributed by atoms with van der Waals surface area (Å²) < 4.78 is 5.31. The topological polar surface area (TPSA) is 70.0 Å². The zero-order valence-corrected chi connectivity index (χ0v) is 29.5. The monoisotopic (exact) mass is 871 g/mol. The van der Waals surface area contributed by atoms with Gasteiger partial charge in [0.25, 0.3) is 0 Å². The van der Waals surface area contributed by atoms with Crippen LogP contribution in [0.5, 0.6) is 0 Å². The summed E-state index contributed by atoms with van der Waals surface area (Å²) in [7, 11) is 0. The largest absolute Gasteiger partial charge is 0.458 e. The first-order valence-corrected chi connectivity index (χ1v) is 11.8. The molecule has 7 heteroatoms. The van der Waals surface area contributed by atoms with Crippen LogP contribution in [0.4, 0.5) is 0 Å². The van der Waals surface area contributed by atoms with Gasteiger partial charge in [-0.1, -0.05) is 26.0 Å². The van der Waals surface area contributed by atoms with Crippen molar-refractivity contribution in [2.45, 2.75) is 83.9 Å². The number of cyclic esters (lactones) is 1. The second-order valence-corrected chi connectivity index (χ2v) is 10.8. The molecule has 2 aliphatic heterocycles. The fourth-order valence-corrected chi connectivity index (χ4v) is 7.36. The minimum Gasteiger partial charge on any atom is -0.458 e. The Morgan fingerprint density at radius 2 is 2.00 bits per heavy atom. The van der Waals surface area contributed by atoms with Gasteiger partial charge in [-0.05, 0) is 81.7 Å². The summed E-state index contributed by atoms with van der Waals surface area (Å²) in [6.07, 6.45) is 8.26. The number of carbonyl (C=O) groups is 1. The van der Waals surface area contributed by atoms with Crippen molar-refractivity contribution in [1.29, 1.82) is 0 Å². The summed E-state index contributed by atoms with van der Waals surface area (Å²) in [6, 6.07) is 0.516. The molecule has 2 aliphatic carbocycles. The molecule has 4 rings (SSSR count). The maximum atomic E-state index is 12.6. The zero-order chi connectivity index (χ0) is 21.7. The second kappa shape index (κ2) is 11.8. The summed E-state index contributed by atoms with van der Waals surface area (Å²) >= 11 is 0. The smallest absolute Gasteiger partial charge is 0.335 e. The Balaban J connectivity index is 0.00000181. The van der Waals surface area contributed by atoms with Crippen LogP contribution in [0.25, 0.3) is 0 Å². The summed E-state index contributed by atoms with van der Waals surface area (Å²) in [6.45, 7) is 12.6. The summed E-state index contributed by atoms with van der Waals surface area (Å²) in [5.41, 5.74) is 1.59. The van der Waals surface area contributed by atoms with Crippen LogP contribution in [-0.4, -0.2) is 59.0 Å². The van der Waals surface area contributed by atoms with Crippen molar-refractivity contribution < 1.29 is 108 Å². The third-order valence-electron chi connectivity index (χ3n) is 9.27. The van der Waals surface area contributed by atoms with Crippen molar-refractivity contribution >= 4 is 5.97 Å². The van der Waals surface area contributed by atoms with E-state index in [1.165, 1.54) is 18.4 Å². The molecule has 0 bridgehead atoms. The predicted octanol–water partition coefficient (Wildman–Crippen LogP) is 3.45. The van der Waals surface area contributed by atoms with Crippen LogP contribution in [0.15, 0.2) is 23.8 Å². The van der Waals surface area contributed by atoms with Crippen molar-refractivity contribution in [3.05, 3.63) is 23.8 Å². The van der Waals surface area contributed by atoms with Gasteiger partial charge in [0.1, 0.15) is 6.61 Å². The van der Waals surface area contributed by atoms with E-state index in [1.54, 1.807) is 0 Å². The Kier molecular flexibility index (Phi) is 11.1. The average Bonchev–Trinajstić information content (AvgIpc) is 3.33. The summed E-state index contributed by atoms with van der Waals surface area (Å²) in [5.74, 6) is 0.346. The molecular weight excluding hydrogens is 832 g/mol. The summed E-state index contributed by atoms with van der Waals surface area (Å²) in [5, 5.41) is 21.0. The molecule has 0 amide bonds. The third kappa shape index (κ3) is 5.22. The first-order valence-electron chi connectivity index (χ1n) is 11.8. The molecule has 1 saturated heterocycles. The number of ether oxygens (including phenoxy) is 1. The van der Waals surface area contributed by atoms with Crippen LogP contribution < -0.4 is 0 Å². The first-order chi connectivity index (χ1) is 14.2. The minimum absolute atomic E-state index is 0. The number of allylic oxidation sites excluding steroid dienone is 1. The molecule has 2 radical (unpaired) electrons. The fraction of sp³-hybridized carbons (Fsp3) is 0.800. The van der Waals surface area contributed by atoms with Crippen molar-refractivity contribution in [1.82, 2.24) is 4.90 Å². The SMILES string of the molecule is C=C1CCC2[C@](C)(CO)C(O)CC[C@]2(C)[C@H]1CC(C1=CCOC1=O)N1CCCC1C.[Ac].[Ac]. The van der Waals surface area contributed by atoms with Gasteiger partial charge in [0.15, 0.2) is 0 Å². The number of fused-ring (bicyclic) bond motifs is 1. The van der Waals surface area contributed by atoms with Gasteiger partial charge in [0.2, 0.25) is 0 Å². The number of hydrogen-bond acceptors (Lipinski definition) is 5. The Morgan fingerprint density at radius 3 is 2.56 bits per heavy atom. The Morgan fingerprint density at radius 1 is 1.28 bits per heavy atom. The van der Waals surface area contributed by atoms with Gasteiger partial charge in [-0.2, -0.15) is 0 Å². The molecule has 3 fully saturated rings. The number of likely N-dealkylation sites (tertiary alicyclic amines) is 1. The maximum Gasteiger partial charge on any atom is 0.335 e. The van der Waals surface area contributed by atoms with Gasteiger partial charge in [-0.25, -0.2) is 4.79 Å². The second-order valence-electron chi connectivity index (χ2n) is 10.8. The molecule has 4 aliphatic rings. The molecule has 2 N–H and O–H groups in total. The molecule has 0 aromatic rings. The van der Waals surface area contributed by atoms with Crippen LogP contribution in [-0.2, 0) is 9.53 Å². The predicted molar refractivity (Wildman–Crippen MR) is 117 cm³/mol. The molecule has 7 atom stereocenters. The molecule has 2 saturated carbocycles. The number of aliphatic hydroxyl groups is 2. The first kappa shape index (κ1) is 29.9. The van der Waals surface area contributed by atoms with Crippen LogP contribution >= 0.6 is 0 Å². The molecule has 5 nitrogen and oxygen atoms in total. The van der Waals surface area contributed by atoms with Gasteiger partial charge < -0.3 is 14.9 Å². The Hall–Kier alpha value is 1.71. The van der Waals surface area contributed by atoms with Crippen molar-refractivity contribution in [2.75, 3.05) is 19.8 Å². The van der Waals surface area contributed by atoms with Crippen molar-refractivity contribution in [3.63, 3.8) is 0 Å². The van der Waals surface area contributed by atoms with E-state index in [2.05, 4.69) is 32.3 Å². The van der Waals surface area contributed by atoms with Gasteiger partial charge in [0.05, 0.1) is 18.3 Å². The fourth-order valence-electron chi connectivity index (χ4n) is 7.36. The molecule has 0 aromatic heterocycles. The van der Waals surface area contributed by atoms with Crippen molar-refractivity contribution in [3.8, 4) is 0 Å². The molecule has 32 heavy (non-hydrogen) atoms. The minimum atomic E-state index is -0.478. The van der Waals surface area contributed by atoms with Gasteiger partial charge in [-0.15, -0.1) is 0 Å². The number of nitrogens with zero attached hydrogens (tertiary/aromatic N) is 1. The maximum absolute atomic E-state index is 12.6. The van der Waals surface area contributed by atoms with Gasteiger partial charge >= 0.3 is 5.97 Å². The van der Waals surface area contributed by atoms with Crippen LogP contribution in [0.3, 0.4) is 0 Å². The number of hydrogen-bond donors (Lipinski definition) is 2. The summed E-state index contributed by atoms with van der Waals surface area (Å²) in [4.78, 5) is 15.1.